The molecule has 0 atom stereocenters. The first-order valence-electron chi connectivity index (χ1n) is 8.11. The van der Waals surface area contributed by atoms with Gasteiger partial charge >= 0.3 is 6.18 Å². The van der Waals surface area contributed by atoms with E-state index < -0.39 is 17.7 Å². The van der Waals surface area contributed by atoms with Crippen molar-refractivity contribution in [3.05, 3.63) is 48.0 Å². The molecular formula is C18H14F4N4. The summed E-state index contributed by atoms with van der Waals surface area (Å²) in [7, 11) is 0. The van der Waals surface area contributed by atoms with Crippen LogP contribution in [0.1, 0.15) is 24.1 Å². The molecule has 4 nitrogen and oxygen atoms in total. The second-order valence-corrected chi connectivity index (χ2v) is 6.35. The van der Waals surface area contributed by atoms with E-state index in [4.69, 9.17) is 0 Å². The molecule has 1 fully saturated rings. The van der Waals surface area contributed by atoms with Crippen molar-refractivity contribution in [3.8, 4) is 11.1 Å². The molecule has 134 valence electrons. The summed E-state index contributed by atoms with van der Waals surface area (Å²) in [4.78, 5) is 3.63. The van der Waals surface area contributed by atoms with Crippen molar-refractivity contribution in [1.29, 1.82) is 0 Å². The lowest BCUT2D eigenvalue weighted by Crippen LogP contribution is -2.10. The third kappa shape index (κ3) is 2.85. The maximum Gasteiger partial charge on any atom is 0.419 e. The quantitative estimate of drug-likeness (QED) is 0.499. The van der Waals surface area contributed by atoms with Crippen LogP contribution in [0.2, 0.25) is 0 Å². The SMILES string of the molecule is C=Cc1ccc(-c2ccc3c(nnn3CC3CC3)c2C(F)(F)F)c(F)n1. The highest BCUT2D eigenvalue weighted by Crippen LogP contribution is 2.42. The summed E-state index contributed by atoms with van der Waals surface area (Å²) in [6, 6.07) is 5.44. The second-order valence-electron chi connectivity index (χ2n) is 6.35. The van der Waals surface area contributed by atoms with E-state index in [1.807, 2.05) is 0 Å². The summed E-state index contributed by atoms with van der Waals surface area (Å²) in [6.45, 7) is 4.01. The Hall–Kier alpha value is -2.77. The summed E-state index contributed by atoms with van der Waals surface area (Å²) in [6.07, 6.45) is -1.31. The van der Waals surface area contributed by atoms with Crippen molar-refractivity contribution in [1.82, 2.24) is 20.0 Å². The maximum absolute atomic E-state index is 14.3. The average molecular weight is 362 g/mol. The molecule has 3 aromatic rings. The number of nitrogens with zero attached hydrogens (tertiary/aromatic N) is 4. The van der Waals surface area contributed by atoms with Crippen LogP contribution < -0.4 is 0 Å². The van der Waals surface area contributed by atoms with Gasteiger partial charge in [-0.25, -0.2) is 9.67 Å². The molecule has 2 aromatic heterocycles. The van der Waals surface area contributed by atoms with Crippen molar-refractivity contribution in [2.75, 3.05) is 0 Å². The average Bonchev–Trinajstić information content (AvgIpc) is 3.32. The van der Waals surface area contributed by atoms with Gasteiger partial charge in [-0.15, -0.1) is 5.10 Å². The molecule has 0 spiro atoms. The lowest BCUT2D eigenvalue weighted by molar-refractivity contribution is -0.135. The number of alkyl halides is 3. The second kappa shape index (κ2) is 5.89. The normalized spacial score (nSPS) is 14.8. The molecule has 4 rings (SSSR count). The Kier molecular flexibility index (Phi) is 3.78. The molecule has 1 saturated carbocycles. The minimum absolute atomic E-state index is 0.235. The summed E-state index contributed by atoms with van der Waals surface area (Å²) in [5.74, 6) is -0.556. The van der Waals surface area contributed by atoms with Crippen LogP contribution in [0.5, 0.6) is 0 Å². The Bertz CT molecular complexity index is 1000. The predicted molar refractivity (Wildman–Crippen MR) is 88.5 cm³/mol. The van der Waals surface area contributed by atoms with E-state index in [2.05, 4.69) is 21.9 Å². The van der Waals surface area contributed by atoms with Gasteiger partial charge in [0.25, 0.3) is 0 Å². The topological polar surface area (TPSA) is 43.6 Å². The molecule has 1 aliphatic carbocycles. The minimum Gasteiger partial charge on any atom is -0.244 e. The first-order valence-corrected chi connectivity index (χ1v) is 8.11. The van der Waals surface area contributed by atoms with Crippen molar-refractivity contribution in [3.63, 3.8) is 0 Å². The van der Waals surface area contributed by atoms with Crippen molar-refractivity contribution in [2.45, 2.75) is 25.6 Å². The molecule has 0 radical (unpaired) electrons. The Labute approximate surface area is 146 Å². The van der Waals surface area contributed by atoms with E-state index >= 15 is 0 Å². The van der Waals surface area contributed by atoms with Crippen LogP contribution in [0.4, 0.5) is 17.6 Å². The highest BCUT2D eigenvalue weighted by molar-refractivity contribution is 5.87. The molecule has 0 aliphatic heterocycles. The largest absolute Gasteiger partial charge is 0.419 e. The molecule has 0 saturated heterocycles. The standard InChI is InChI=1S/C18H14F4N4/c1-2-11-5-6-13(17(19)23-11)12-7-8-14-16(15(12)18(20,21)22)24-25-26(14)9-10-3-4-10/h2,5-8,10H,1,3-4,9H2. The molecule has 1 aromatic carbocycles. The van der Waals surface area contributed by atoms with Crippen LogP contribution in [-0.2, 0) is 12.7 Å². The van der Waals surface area contributed by atoms with Crippen LogP contribution in [0, 0.1) is 11.9 Å². The Morgan fingerprint density at radius 2 is 1.88 bits per heavy atom. The van der Waals surface area contributed by atoms with E-state index in [0.717, 1.165) is 12.8 Å². The fourth-order valence-electron chi connectivity index (χ4n) is 2.99. The van der Waals surface area contributed by atoms with Gasteiger partial charge < -0.3 is 0 Å². The number of halogens is 4. The number of hydrogen-bond acceptors (Lipinski definition) is 3. The number of rotatable bonds is 4. The van der Waals surface area contributed by atoms with Crippen LogP contribution in [-0.4, -0.2) is 20.0 Å². The zero-order valence-electron chi connectivity index (χ0n) is 13.6. The molecule has 0 unspecified atom stereocenters. The van der Waals surface area contributed by atoms with E-state index in [1.54, 1.807) is 0 Å². The Balaban J connectivity index is 1.93. The third-order valence-electron chi connectivity index (χ3n) is 4.47. The van der Waals surface area contributed by atoms with Crippen LogP contribution >= 0.6 is 0 Å². The number of pyridine rings is 1. The van der Waals surface area contributed by atoms with E-state index in [0.29, 0.717) is 18.0 Å². The lowest BCUT2D eigenvalue weighted by atomic mass is 9.98. The fourth-order valence-corrected chi connectivity index (χ4v) is 2.99. The van der Waals surface area contributed by atoms with Crippen molar-refractivity contribution < 1.29 is 17.6 Å². The summed E-state index contributed by atoms with van der Waals surface area (Å²) in [5, 5.41) is 7.63. The van der Waals surface area contributed by atoms with Crippen molar-refractivity contribution >= 4 is 17.1 Å². The van der Waals surface area contributed by atoms with Gasteiger partial charge in [0.05, 0.1) is 16.8 Å². The van der Waals surface area contributed by atoms with Crippen LogP contribution in [0.15, 0.2) is 30.8 Å². The smallest absolute Gasteiger partial charge is 0.244 e. The molecule has 0 bridgehead atoms. The number of benzene rings is 1. The molecular weight excluding hydrogens is 348 g/mol. The molecule has 0 N–H and O–H groups in total. The minimum atomic E-state index is -4.71. The van der Waals surface area contributed by atoms with Gasteiger partial charge in [-0.3, -0.25) is 0 Å². The number of fused-ring (bicyclic) bond motifs is 1. The van der Waals surface area contributed by atoms with E-state index in [-0.39, 0.29) is 22.3 Å². The van der Waals surface area contributed by atoms with Gasteiger partial charge in [0.15, 0.2) is 0 Å². The van der Waals surface area contributed by atoms with Crippen LogP contribution in [0.25, 0.3) is 28.2 Å². The molecule has 8 heteroatoms. The summed E-state index contributed by atoms with van der Waals surface area (Å²) >= 11 is 0. The first-order chi connectivity index (χ1) is 12.4. The zero-order valence-corrected chi connectivity index (χ0v) is 13.6. The molecule has 1 aliphatic rings. The first kappa shape index (κ1) is 16.7. The predicted octanol–water partition coefficient (Wildman–Crippen LogP) is 4.70. The maximum atomic E-state index is 14.3. The highest BCUT2D eigenvalue weighted by Gasteiger charge is 2.38. The van der Waals surface area contributed by atoms with Gasteiger partial charge in [0, 0.05) is 17.7 Å². The van der Waals surface area contributed by atoms with Crippen LogP contribution in [0.3, 0.4) is 0 Å². The van der Waals surface area contributed by atoms with Crippen molar-refractivity contribution in [2.24, 2.45) is 5.92 Å². The molecule has 26 heavy (non-hydrogen) atoms. The summed E-state index contributed by atoms with van der Waals surface area (Å²) in [5.41, 5.74) is -1.27. The zero-order chi connectivity index (χ0) is 18.5. The van der Waals surface area contributed by atoms with Gasteiger partial charge in [-0.1, -0.05) is 17.9 Å². The summed E-state index contributed by atoms with van der Waals surface area (Å²) < 4.78 is 57.2. The van der Waals surface area contributed by atoms with Gasteiger partial charge in [-0.05, 0) is 43.0 Å². The Morgan fingerprint density at radius 3 is 2.50 bits per heavy atom. The number of aromatic nitrogens is 4. The monoisotopic (exact) mass is 362 g/mol. The number of hydrogen-bond donors (Lipinski definition) is 0. The molecule has 2 heterocycles. The fraction of sp³-hybridized carbons (Fsp3) is 0.278. The highest BCUT2D eigenvalue weighted by atomic mass is 19.4. The Morgan fingerprint density at radius 1 is 1.15 bits per heavy atom. The van der Waals surface area contributed by atoms with Gasteiger partial charge in [0.2, 0.25) is 5.95 Å². The molecule has 0 amide bonds. The van der Waals surface area contributed by atoms with Gasteiger partial charge in [0.1, 0.15) is 5.52 Å². The van der Waals surface area contributed by atoms with E-state index in [1.165, 1.54) is 35.0 Å². The lowest BCUT2D eigenvalue weighted by Gasteiger charge is -2.14. The third-order valence-corrected chi connectivity index (χ3v) is 4.47. The van der Waals surface area contributed by atoms with E-state index in [9.17, 15) is 17.6 Å². The van der Waals surface area contributed by atoms with Gasteiger partial charge in [-0.2, -0.15) is 17.6 Å².